The number of rotatable bonds is 8. The van der Waals surface area contributed by atoms with E-state index in [4.69, 9.17) is 9.47 Å². The van der Waals surface area contributed by atoms with Crippen molar-refractivity contribution in [1.29, 1.82) is 0 Å². The number of hydrogen-bond donors (Lipinski definition) is 2. The SMILES string of the molecule is CCOC(=O)[C@@H](C)NP(C)(=O)NC(C)C(=O)OCI. The molecule has 0 radical (unpaired) electrons. The van der Waals surface area contributed by atoms with Crippen LogP contribution in [0.15, 0.2) is 0 Å². The average Bonchev–Trinajstić information content (AvgIpc) is 2.28. The summed E-state index contributed by atoms with van der Waals surface area (Å²) in [7, 11) is -3.06. The lowest BCUT2D eigenvalue weighted by atomic mass is 10.4. The minimum absolute atomic E-state index is 0.225. The predicted octanol–water partition coefficient (Wildman–Crippen LogP) is 1.26. The number of esters is 2. The molecule has 112 valence electrons. The second kappa shape index (κ2) is 8.89. The first kappa shape index (κ1) is 18.8. The Balaban J connectivity index is 4.43. The third kappa shape index (κ3) is 7.86. The van der Waals surface area contributed by atoms with Crippen molar-refractivity contribution in [3.63, 3.8) is 0 Å². The van der Waals surface area contributed by atoms with Crippen LogP contribution in [-0.4, -0.2) is 41.9 Å². The first-order valence-corrected chi connectivity index (χ1v) is 9.43. The van der Waals surface area contributed by atoms with Crippen LogP contribution in [0.2, 0.25) is 0 Å². The largest absolute Gasteiger partial charge is 0.465 e. The second-order valence-corrected chi connectivity index (χ2v) is 6.94. The highest BCUT2D eigenvalue weighted by molar-refractivity contribution is 14.1. The lowest BCUT2D eigenvalue weighted by molar-refractivity contribution is -0.144. The van der Waals surface area contributed by atoms with Crippen LogP contribution in [0.5, 0.6) is 0 Å². The summed E-state index contributed by atoms with van der Waals surface area (Å²) in [4.78, 5) is 22.8. The van der Waals surface area contributed by atoms with Gasteiger partial charge in [-0.1, -0.05) is 0 Å². The number of alkyl halides is 1. The van der Waals surface area contributed by atoms with Crippen molar-refractivity contribution in [1.82, 2.24) is 10.2 Å². The van der Waals surface area contributed by atoms with E-state index >= 15 is 0 Å². The lowest BCUT2D eigenvalue weighted by Crippen LogP contribution is -2.41. The first-order valence-electron chi connectivity index (χ1n) is 5.75. The molecule has 0 fully saturated rings. The molecule has 0 aliphatic heterocycles. The molecule has 0 spiro atoms. The minimum atomic E-state index is -3.06. The quantitative estimate of drug-likeness (QED) is 0.271. The van der Waals surface area contributed by atoms with E-state index in [2.05, 4.69) is 10.2 Å². The van der Waals surface area contributed by atoms with Crippen molar-refractivity contribution in [2.75, 3.05) is 17.9 Å². The molecular formula is C10H20IN2O5P. The van der Waals surface area contributed by atoms with E-state index in [0.29, 0.717) is 0 Å². The van der Waals surface area contributed by atoms with Gasteiger partial charge in [0.25, 0.3) is 0 Å². The predicted molar refractivity (Wildman–Crippen MR) is 80.3 cm³/mol. The van der Waals surface area contributed by atoms with Gasteiger partial charge >= 0.3 is 11.9 Å². The van der Waals surface area contributed by atoms with Gasteiger partial charge in [-0.25, -0.2) is 10.2 Å². The lowest BCUT2D eigenvalue weighted by Gasteiger charge is -2.22. The van der Waals surface area contributed by atoms with E-state index in [1.165, 1.54) is 6.66 Å². The third-order valence-corrected chi connectivity index (χ3v) is 4.14. The Morgan fingerprint density at radius 2 is 1.58 bits per heavy atom. The molecular weight excluding hydrogens is 386 g/mol. The van der Waals surface area contributed by atoms with Crippen LogP contribution in [0.1, 0.15) is 20.8 Å². The molecule has 2 N–H and O–H groups in total. The van der Waals surface area contributed by atoms with Crippen molar-refractivity contribution >= 4 is 42.0 Å². The molecule has 0 aromatic rings. The van der Waals surface area contributed by atoms with Gasteiger partial charge in [-0.05, 0) is 43.4 Å². The van der Waals surface area contributed by atoms with E-state index in [-0.39, 0.29) is 11.2 Å². The van der Waals surface area contributed by atoms with Crippen molar-refractivity contribution in [3.05, 3.63) is 0 Å². The molecule has 0 aliphatic rings. The maximum atomic E-state index is 12.2. The van der Waals surface area contributed by atoms with Gasteiger partial charge in [-0.15, -0.1) is 0 Å². The fourth-order valence-electron chi connectivity index (χ4n) is 1.33. The van der Waals surface area contributed by atoms with Gasteiger partial charge in [0.15, 0.2) is 0 Å². The Morgan fingerprint density at radius 3 is 1.95 bits per heavy atom. The Morgan fingerprint density at radius 1 is 1.16 bits per heavy atom. The number of nitrogens with one attached hydrogen (secondary N) is 2. The van der Waals surface area contributed by atoms with Crippen LogP contribution < -0.4 is 10.2 Å². The zero-order valence-corrected chi connectivity index (χ0v) is 14.5. The number of ether oxygens (including phenoxy) is 2. The van der Waals surface area contributed by atoms with E-state index < -0.39 is 31.5 Å². The summed E-state index contributed by atoms with van der Waals surface area (Å²) in [6, 6.07) is -1.46. The Labute approximate surface area is 126 Å². The normalized spacial score (nSPS) is 17.1. The number of carbonyl (C=O) groups excluding carboxylic acids is 2. The maximum Gasteiger partial charge on any atom is 0.324 e. The second-order valence-electron chi connectivity index (χ2n) is 3.95. The van der Waals surface area contributed by atoms with E-state index in [1.807, 2.05) is 22.6 Å². The van der Waals surface area contributed by atoms with Crippen molar-refractivity contribution < 1.29 is 23.6 Å². The Kier molecular flexibility index (Phi) is 8.80. The molecule has 0 amide bonds. The molecule has 2 unspecified atom stereocenters. The van der Waals surface area contributed by atoms with Crippen molar-refractivity contribution in [2.45, 2.75) is 32.9 Å². The molecule has 3 atom stereocenters. The number of carbonyl (C=O) groups is 2. The van der Waals surface area contributed by atoms with Crippen LogP contribution in [0.3, 0.4) is 0 Å². The molecule has 0 saturated carbocycles. The van der Waals surface area contributed by atoms with Gasteiger partial charge in [0.05, 0.1) is 6.61 Å². The highest BCUT2D eigenvalue weighted by Gasteiger charge is 2.27. The van der Waals surface area contributed by atoms with Crippen molar-refractivity contribution in [2.24, 2.45) is 0 Å². The van der Waals surface area contributed by atoms with Gasteiger partial charge in [-0.2, -0.15) is 0 Å². The van der Waals surface area contributed by atoms with Crippen LogP contribution in [-0.2, 0) is 23.6 Å². The maximum absolute atomic E-state index is 12.2. The van der Waals surface area contributed by atoms with E-state index in [0.717, 1.165) is 0 Å². The summed E-state index contributed by atoms with van der Waals surface area (Å²) in [6.45, 7) is 6.43. The summed E-state index contributed by atoms with van der Waals surface area (Å²) in [6.07, 6.45) is 0. The summed E-state index contributed by atoms with van der Waals surface area (Å²) < 4.78 is 22.0. The minimum Gasteiger partial charge on any atom is -0.465 e. The molecule has 0 aromatic heterocycles. The smallest absolute Gasteiger partial charge is 0.324 e. The molecule has 0 bridgehead atoms. The van der Waals surface area contributed by atoms with Gasteiger partial charge < -0.3 is 9.47 Å². The number of hydrogen-bond acceptors (Lipinski definition) is 5. The highest BCUT2D eigenvalue weighted by Crippen LogP contribution is 2.32. The zero-order chi connectivity index (χ0) is 15.1. The van der Waals surface area contributed by atoms with Crippen LogP contribution in [0.25, 0.3) is 0 Å². The van der Waals surface area contributed by atoms with Crippen LogP contribution in [0.4, 0.5) is 0 Å². The third-order valence-electron chi connectivity index (χ3n) is 2.07. The van der Waals surface area contributed by atoms with Crippen molar-refractivity contribution in [3.8, 4) is 0 Å². The molecule has 7 nitrogen and oxygen atoms in total. The summed E-state index contributed by atoms with van der Waals surface area (Å²) in [5.41, 5.74) is 0. The molecule has 0 saturated heterocycles. The number of halogens is 1. The van der Waals surface area contributed by atoms with Gasteiger partial charge in [0.2, 0.25) is 7.44 Å². The van der Waals surface area contributed by atoms with Gasteiger partial charge in [0.1, 0.15) is 16.7 Å². The van der Waals surface area contributed by atoms with E-state index in [1.54, 1.807) is 20.8 Å². The summed E-state index contributed by atoms with van der Waals surface area (Å²) in [5.74, 6) is -0.990. The Hall–Kier alpha value is -0.180. The van der Waals surface area contributed by atoms with Crippen LogP contribution >= 0.6 is 30.0 Å². The first-order chi connectivity index (χ1) is 8.73. The molecule has 0 heterocycles. The Bertz CT molecular complexity index is 336. The summed E-state index contributed by atoms with van der Waals surface area (Å²) in [5, 5.41) is 5.26. The molecule has 19 heavy (non-hydrogen) atoms. The average molecular weight is 406 g/mol. The topological polar surface area (TPSA) is 93.7 Å². The molecule has 9 heteroatoms. The van der Waals surface area contributed by atoms with Gasteiger partial charge in [-0.3, -0.25) is 14.2 Å². The van der Waals surface area contributed by atoms with E-state index in [9.17, 15) is 14.2 Å². The fourth-order valence-corrected chi connectivity index (χ4v) is 3.40. The van der Waals surface area contributed by atoms with Gasteiger partial charge in [0, 0.05) is 6.66 Å². The molecule has 0 aromatic carbocycles. The molecule has 0 rings (SSSR count). The van der Waals surface area contributed by atoms with Crippen LogP contribution in [0, 0.1) is 0 Å². The fraction of sp³-hybridized carbons (Fsp3) is 0.800. The summed E-state index contributed by atoms with van der Waals surface area (Å²) >= 11 is 1.89. The molecule has 0 aliphatic carbocycles. The monoisotopic (exact) mass is 406 g/mol. The highest BCUT2D eigenvalue weighted by atomic mass is 127. The standard InChI is InChI=1S/C10H20IN2O5P/c1-5-17-9(14)7(2)12-19(4,16)13-8(3)10(15)18-6-11/h7-8H,5-6H2,1-4H3,(H2,12,13,16)/t7-,8?,19?/m1/s1. The zero-order valence-electron chi connectivity index (χ0n) is 11.4.